The molecule has 0 spiro atoms. The van der Waals surface area contributed by atoms with Crippen molar-refractivity contribution < 1.29 is 36.7 Å². The van der Waals surface area contributed by atoms with Gasteiger partial charge in [-0.1, -0.05) is 0 Å². The van der Waals surface area contributed by atoms with Crippen LogP contribution < -0.4 is 0 Å². The van der Waals surface area contributed by atoms with Crippen LogP contribution in [-0.4, -0.2) is 44.2 Å². The highest BCUT2D eigenvalue weighted by Gasteiger charge is 2.71. The Labute approximate surface area is 129 Å². The predicted molar refractivity (Wildman–Crippen MR) is 75.7 cm³/mol. The fraction of sp³-hybridized carbons (Fsp3) is 0.846. The minimum absolute atomic E-state index is 0.841. The van der Waals surface area contributed by atoms with Crippen molar-refractivity contribution >= 4 is 20.3 Å². The smallest absolute Gasteiger partial charge is 0.438 e. The second-order valence-corrected chi connectivity index (χ2v) is 10.7. The zero-order chi connectivity index (χ0) is 17.9. The Morgan fingerprint density at radius 2 is 1.18 bits per heavy atom. The molecule has 0 unspecified atom stereocenters. The van der Waals surface area contributed by atoms with Gasteiger partial charge in [0.05, 0.1) is 12.2 Å². The first-order valence-corrected chi connectivity index (χ1v) is 10.2. The van der Waals surface area contributed by atoms with Crippen molar-refractivity contribution in [1.29, 1.82) is 0 Å². The van der Waals surface area contributed by atoms with Crippen LogP contribution in [0.4, 0.5) is 13.2 Å². The minimum atomic E-state index is -5.30. The summed E-state index contributed by atoms with van der Waals surface area (Å²) in [6.07, 6.45) is -6.98. The zero-order valence-corrected chi connectivity index (χ0v) is 14.8. The quantitative estimate of drug-likeness (QED) is 0.421. The van der Waals surface area contributed by atoms with Gasteiger partial charge in [0.1, 0.15) is 0 Å². The monoisotopic (exact) mass is 344 g/mol. The molecule has 22 heavy (non-hydrogen) atoms. The number of hydrogen-bond acceptors (Lipinski definition) is 5. The molecule has 0 heterocycles. The molecule has 0 aliphatic rings. The summed E-state index contributed by atoms with van der Waals surface area (Å²) in [5, 5.41) is 0. The highest BCUT2D eigenvalue weighted by atomic mass is 28.4. The van der Waals surface area contributed by atoms with Crippen LogP contribution in [-0.2, 0) is 23.5 Å². The summed E-state index contributed by atoms with van der Waals surface area (Å²) in [5.41, 5.74) is -3.76. The number of ether oxygens (including phenoxy) is 2. The summed E-state index contributed by atoms with van der Waals surface area (Å²) >= 11 is 0. The Morgan fingerprint density at radius 1 is 0.864 bits per heavy atom. The lowest BCUT2D eigenvalue weighted by molar-refractivity contribution is -0.261. The molecule has 0 radical (unpaired) electrons. The summed E-state index contributed by atoms with van der Waals surface area (Å²) in [5.74, 6) is -3.61. The van der Waals surface area contributed by atoms with E-state index in [0.29, 0.717) is 0 Å². The molecule has 5 nitrogen and oxygen atoms in total. The number of carbonyl (C=O) groups excluding carboxylic acids is 2. The normalized spacial score (nSPS) is 13.5. The van der Waals surface area contributed by atoms with Gasteiger partial charge in [-0.25, -0.2) is 9.59 Å². The number of rotatable bonds is 6. The van der Waals surface area contributed by atoms with E-state index in [1.807, 2.05) is 0 Å². The van der Waals surface area contributed by atoms with E-state index >= 15 is 0 Å². The zero-order valence-electron chi connectivity index (χ0n) is 13.8. The summed E-state index contributed by atoms with van der Waals surface area (Å²) in [4.78, 5) is 24.2. The fourth-order valence-electron chi connectivity index (χ4n) is 1.51. The van der Waals surface area contributed by atoms with Crippen molar-refractivity contribution in [2.24, 2.45) is 0 Å². The van der Waals surface area contributed by atoms with E-state index in [1.165, 1.54) is 47.3 Å². The van der Waals surface area contributed by atoms with Gasteiger partial charge in [0.2, 0.25) is 0 Å². The van der Waals surface area contributed by atoms with Crippen LogP contribution in [0.15, 0.2) is 0 Å². The molecule has 0 N–H and O–H groups in total. The van der Waals surface area contributed by atoms with Gasteiger partial charge in [-0.2, -0.15) is 13.2 Å². The topological polar surface area (TPSA) is 61.8 Å². The van der Waals surface area contributed by atoms with Gasteiger partial charge in [-0.15, -0.1) is 0 Å². The molecule has 0 aliphatic heterocycles. The molecule has 9 heteroatoms. The van der Waals surface area contributed by atoms with E-state index in [9.17, 15) is 22.8 Å². The molecule has 0 aromatic carbocycles. The molecule has 0 saturated carbocycles. The summed E-state index contributed by atoms with van der Waals surface area (Å²) < 4.78 is 55.0. The van der Waals surface area contributed by atoms with Crippen LogP contribution in [0.5, 0.6) is 0 Å². The molecular weight excluding hydrogens is 321 g/mol. The Balaban J connectivity index is 6.06. The molecule has 0 rings (SSSR count). The predicted octanol–water partition coefficient (Wildman–Crippen LogP) is 3.04. The van der Waals surface area contributed by atoms with E-state index in [-0.39, 0.29) is 0 Å². The third-order valence-corrected chi connectivity index (χ3v) is 3.04. The Hall–Kier alpha value is -1.09. The van der Waals surface area contributed by atoms with Crippen LogP contribution in [0, 0.1) is 0 Å². The summed E-state index contributed by atoms with van der Waals surface area (Å²) in [7, 11) is -2.95. The third kappa shape index (κ3) is 5.27. The molecular formula is C13H23F3O5Si. The average molecular weight is 344 g/mol. The lowest BCUT2D eigenvalue weighted by Gasteiger charge is -2.36. The Bertz CT molecular complexity index is 391. The van der Waals surface area contributed by atoms with Gasteiger partial charge >= 0.3 is 23.7 Å². The molecule has 0 atom stereocenters. The van der Waals surface area contributed by atoms with Gasteiger partial charge in [-0.05, 0) is 47.3 Å². The van der Waals surface area contributed by atoms with E-state index in [1.54, 1.807) is 0 Å². The van der Waals surface area contributed by atoms with Crippen LogP contribution in [0.1, 0.15) is 27.7 Å². The van der Waals surface area contributed by atoms with E-state index in [0.717, 1.165) is 0 Å². The number of carbonyl (C=O) groups is 2. The molecule has 0 bridgehead atoms. The fourth-order valence-corrected chi connectivity index (χ4v) is 2.71. The van der Waals surface area contributed by atoms with Gasteiger partial charge < -0.3 is 13.9 Å². The molecule has 0 aromatic heterocycles. The molecule has 0 aromatic rings. The van der Waals surface area contributed by atoms with Crippen molar-refractivity contribution in [2.45, 2.75) is 71.3 Å². The molecule has 0 saturated heterocycles. The second-order valence-electron chi connectivity index (χ2n) is 6.30. The van der Waals surface area contributed by atoms with Crippen molar-refractivity contribution in [3.05, 3.63) is 0 Å². The lowest BCUT2D eigenvalue weighted by Crippen LogP contribution is -2.65. The molecule has 130 valence electrons. The maximum absolute atomic E-state index is 13.6. The Morgan fingerprint density at radius 3 is 1.36 bits per heavy atom. The molecule has 0 aliphatic carbocycles. The maximum Gasteiger partial charge on any atom is 0.438 e. The van der Waals surface area contributed by atoms with Crippen LogP contribution in [0.2, 0.25) is 19.6 Å². The van der Waals surface area contributed by atoms with Crippen LogP contribution in [0.25, 0.3) is 0 Å². The Kier molecular flexibility index (Phi) is 6.64. The average Bonchev–Trinajstić information content (AvgIpc) is 2.20. The van der Waals surface area contributed by atoms with E-state index < -0.39 is 44.2 Å². The first-order chi connectivity index (χ1) is 9.63. The third-order valence-electron chi connectivity index (χ3n) is 2.12. The van der Waals surface area contributed by atoms with Crippen LogP contribution >= 0.6 is 0 Å². The standard InChI is InChI=1S/C13H23F3O5Si/c1-8(2)19-10(17)12(13(14,15)16,21-22(5,6)7)11(18)20-9(3)4/h8-9H,1-7H3. The van der Waals surface area contributed by atoms with Gasteiger partial charge in [0.25, 0.3) is 0 Å². The second kappa shape index (κ2) is 6.99. The van der Waals surface area contributed by atoms with Gasteiger partial charge in [0, 0.05) is 0 Å². The largest absolute Gasteiger partial charge is 0.460 e. The van der Waals surface area contributed by atoms with Crippen molar-refractivity contribution in [1.82, 2.24) is 0 Å². The number of hydrogen-bond donors (Lipinski definition) is 0. The maximum atomic E-state index is 13.6. The molecule has 0 fully saturated rings. The first kappa shape index (κ1) is 20.9. The van der Waals surface area contributed by atoms with E-state index in [4.69, 9.17) is 4.43 Å². The van der Waals surface area contributed by atoms with Crippen LogP contribution in [0.3, 0.4) is 0 Å². The van der Waals surface area contributed by atoms with Gasteiger partial charge in [-0.3, -0.25) is 0 Å². The summed E-state index contributed by atoms with van der Waals surface area (Å²) in [6.45, 7) is 9.79. The number of esters is 2. The first-order valence-electron chi connectivity index (χ1n) is 6.82. The molecule has 0 amide bonds. The number of halogens is 3. The number of alkyl halides is 3. The summed E-state index contributed by atoms with van der Waals surface area (Å²) in [6, 6.07) is 0. The van der Waals surface area contributed by atoms with Crippen molar-refractivity contribution in [3.8, 4) is 0 Å². The minimum Gasteiger partial charge on any atom is -0.460 e. The SMILES string of the molecule is CC(C)OC(=O)C(O[Si](C)(C)C)(C(=O)OC(C)C)C(F)(F)F. The van der Waals surface area contributed by atoms with E-state index in [2.05, 4.69) is 9.47 Å². The van der Waals surface area contributed by atoms with Crippen molar-refractivity contribution in [2.75, 3.05) is 0 Å². The lowest BCUT2D eigenvalue weighted by atomic mass is 10.0. The van der Waals surface area contributed by atoms with Gasteiger partial charge in [0.15, 0.2) is 8.32 Å². The highest BCUT2D eigenvalue weighted by molar-refractivity contribution is 6.70. The highest BCUT2D eigenvalue weighted by Crippen LogP contribution is 2.39. The van der Waals surface area contributed by atoms with Crippen molar-refractivity contribution in [3.63, 3.8) is 0 Å².